The molecule has 4 radical (unpaired) electrons. The van der Waals surface area contributed by atoms with Crippen LogP contribution in [0.2, 0.25) is 0 Å². The van der Waals surface area contributed by atoms with Gasteiger partial charge in [0.15, 0.2) is 0 Å². The quantitative estimate of drug-likeness (QED) is 0.618. The van der Waals surface area contributed by atoms with E-state index in [1.54, 1.807) is 0 Å². The van der Waals surface area contributed by atoms with Gasteiger partial charge in [-0.25, -0.2) is 0 Å². The summed E-state index contributed by atoms with van der Waals surface area (Å²) in [5.74, 6) is 0. The van der Waals surface area contributed by atoms with Gasteiger partial charge >= 0.3 is 0 Å². The summed E-state index contributed by atoms with van der Waals surface area (Å²) in [5.41, 5.74) is 3.70. The lowest BCUT2D eigenvalue weighted by molar-refractivity contribution is 1.52. The van der Waals surface area contributed by atoms with Crippen LogP contribution in [0.5, 0.6) is 0 Å². The van der Waals surface area contributed by atoms with E-state index in [4.69, 9.17) is 15.7 Å². The Labute approximate surface area is 99.2 Å². The number of fused-ring (bicyclic) bond motifs is 1. The minimum atomic E-state index is 0.806. The van der Waals surface area contributed by atoms with Gasteiger partial charge in [-0.05, 0) is 30.2 Å². The van der Waals surface area contributed by atoms with Crippen LogP contribution in [0.15, 0.2) is 30.3 Å². The lowest BCUT2D eigenvalue weighted by Gasteiger charge is -2.15. The molecule has 0 aliphatic carbocycles. The highest BCUT2D eigenvalue weighted by molar-refractivity contribution is 6.47. The van der Waals surface area contributed by atoms with Crippen molar-refractivity contribution in [3.63, 3.8) is 0 Å². The molecule has 2 heteroatoms. The van der Waals surface area contributed by atoms with Crippen molar-refractivity contribution in [3.8, 4) is 0 Å². The molecule has 0 aromatic heterocycles. The molecule has 0 saturated heterocycles. The second-order valence-corrected chi connectivity index (χ2v) is 3.91. The number of allylic oxidation sites excluding steroid dienone is 1. The second-order valence-electron chi connectivity index (χ2n) is 3.91. The SMILES string of the molecule is [B]c1c(C)c(/C=C\C)c([B])c2ccccc12. The van der Waals surface area contributed by atoms with Gasteiger partial charge in [0.05, 0.1) is 0 Å². The van der Waals surface area contributed by atoms with Crippen LogP contribution in [-0.2, 0) is 0 Å². The average molecular weight is 202 g/mol. The van der Waals surface area contributed by atoms with E-state index in [1.165, 1.54) is 0 Å². The topological polar surface area (TPSA) is 0 Å². The lowest BCUT2D eigenvalue weighted by Crippen LogP contribution is -2.20. The molecule has 0 amide bonds. The molecule has 0 aliphatic heterocycles. The average Bonchev–Trinajstić information content (AvgIpc) is 2.32. The first-order valence-corrected chi connectivity index (χ1v) is 5.35. The summed E-state index contributed by atoms with van der Waals surface area (Å²) in [6.45, 7) is 3.98. The van der Waals surface area contributed by atoms with E-state index in [1.807, 2.05) is 50.3 Å². The van der Waals surface area contributed by atoms with Gasteiger partial charge in [-0.3, -0.25) is 0 Å². The number of hydrogen-bond acceptors (Lipinski definition) is 0. The monoisotopic (exact) mass is 202 g/mol. The van der Waals surface area contributed by atoms with Gasteiger partial charge in [-0.1, -0.05) is 52.9 Å². The van der Waals surface area contributed by atoms with E-state index in [2.05, 4.69) is 0 Å². The summed E-state index contributed by atoms with van der Waals surface area (Å²) >= 11 is 0. The zero-order valence-electron chi connectivity index (χ0n) is 9.62. The third kappa shape index (κ3) is 1.59. The van der Waals surface area contributed by atoms with E-state index in [9.17, 15) is 0 Å². The highest BCUT2D eigenvalue weighted by Gasteiger charge is 2.07. The third-order valence-corrected chi connectivity index (χ3v) is 2.94. The zero-order chi connectivity index (χ0) is 11.7. The predicted octanol–water partition coefficient (Wildman–Crippen LogP) is 1.77. The second kappa shape index (κ2) is 4.21. The highest BCUT2D eigenvalue weighted by atomic mass is 14.1. The molecule has 74 valence electrons. The van der Waals surface area contributed by atoms with Crippen molar-refractivity contribution in [3.05, 3.63) is 41.5 Å². The Balaban J connectivity index is 2.94. The summed E-state index contributed by atoms with van der Waals surface area (Å²) in [5, 5.41) is 2.06. The van der Waals surface area contributed by atoms with E-state index in [-0.39, 0.29) is 0 Å². The van der Waals surface area contributed by atoms with Crippen LogP contribution in [-0.4, -0.2) is 15.7 Å². The van der Waals surface area contributed by atoms with Crippen molar-refractivity contribution in [2.24, 2.45) is 0 Å². The van der Waals surface area contributed by atoms with Crippen LogP contribution >= 0.6 is 0 Å². The van der Waals surface area contributed by atoms with Crippen LogP contribution in [0.3, 0.4) is 0 Å². The van der Waals surface area contributed by atoms with Gasteiger partial charge < -0.3 is 0 Å². The number of benzene rings is 2. The molecule has 2 rings (SSSR count). The van der Waals surface area contributed by atoms with Crippen molar-refractivity contribution in [1.29, 1.82) is 0 Å². The molecule has 0 spiro atoms. The van der Waals surface area contributed by atoms with Crippen LogP contribution < -0.4 is 10.9 Å². The summed E-state index contributed by atoms with van der Waals surface area (Å²) in [6, 6.07) is 7.97. The van der Waals surface area contributed by atoms with Gasteiger partial charge in [0, 0.05) is 0 Å². The molecule has 2 aromatic carbocycles. The summed E-state index contributed by atoms with van der Waals surface area (Å²) < 4.78 is 0. The minimum absolute atomic E-state index is 0.806. The molecule has 0 unspecified atom stereocenters. The Bertz CT molecular complexity index is 568. The van der Waals surface area contributed by atoms with E-state index in [0.717, 1.165) is 32.8 Å². The Morgan fingerprint density at radius 1 is 1.00 bits per heavy atom. The van der Waals surface area contributed by atoms with Crippen molar-refractivity contribution in [2.75, 3.05) is 0 Å². The van der Waals surface area contributed by atoms with Gasteiger partial charge in [0.1, 0.15) is 15.7 Å². The van der Waals surface area contributed by atoms with Gasteiger partial charge in [-0.15, -0.1) is 0 Å². The molecule has 0 bridgehead atoms. The first kappa shape index (κ1) is 11.1. The number of rotatable bonds is 1. The van der Waals surface area contributed by atoms with Crippen molar-refractivity contribution in [1.82, 2.24) is 0 Å². The highest BCUT2D eigenvalue weighted by Crippen LogP contribution is 2.15. The summed E-state index contributed by atoms with van der Waals surface area (Å²) in [4.78, 5) is 0. The molecule has 16 heavy (non-hydrogen) atoms. The predicted molar refractivity (Wildman–Crippen MR) is 74.2 cm³/mol. The maximum atomic E-state index is 6.17. The van der Waals surface area contributed by atoms with E-state index in [0.29, 0.717) is 0 Å². The van der Waals surface area contributed by atoms with Crippen LogP contribution in [0.1, 0.15) is 18.1 Å². The maximum Gasteiger partial charge on any atom is 0.115 e. The summed E-state index contributed by atoms with van der Waals surface area (Å²) in [7, 11) is 12.3. The van der Waals surface area contributed by atoms with Gasteiger partial charge in [-0.2, -0.15) is 0 Å². The molecule has 0 aliphatic rings. The van der Waals surface area contributed by atoms with Crippen LogP contribution in [0.25, 0.3) is 16.8 Å². The van der Waals surface area contributed by atoms with Gasteiger partial charge in [0.25, 0.3) is 0 Å². The Morgan fingerprint density at radius 3 is 2.12 bits per heavy atom. The third-order valence-electron chi connectivity index (χ3n) is 2.94. The molecule has 2 aromatic rings. The Hall–Kier alpha value is -1.43. The Morgan fingerprint density at radius 2 is 1.56 bits per heavy atom. The van der Waals surface area contributed by atoms with E-state index < -0.39 is 0 Å². The molecule has 0 saturated carbocycles. The van der Waals surface area contributed by atoms with Crippen molar-refractivity contribution >= 4 is 43.5 Å². The zero-order valence-corrected chi connectivity index (χ0v) is 9.62. The fraction of sp³-hybridized carbons (Fsp3) is 0.143. The first-order valence-electron chi connectivity index (χ1n) is 5.35. The molecule has 0 atom stereocenters. The molecule has 0 N–H and O–H groups in total. The molecule has 0 nitrogen and oxygen atoms in total. The van der Waals surface area contributed by atoms with Crippen molar-refractivity contribution < 1.29 is 0 Å². The molecule has 0 fully saturated rings. The minimum Gasteiger partial charge on any atom is -0.0871 e. The lowest BCUT2D eigenvalue weighted by atomic mass is 9.75. The standard InChI is InChI=1S/C14H12B2/c1-3-6-10-9(2)13(15)11-7-4-5-8-12(11)14(10)16/h3-8H,1-2H3/b6-3-. The van der Waals surface area contributed by atoms with Crippen LogP contribution in [0, 0.1) is 6.92 Å². The van der Waals surface area contributed by atoms with Gasteiger partial charge in [0.2, 0.25) is 0 Å². The van der Waals surface area contributed by atoms with E-state index >= 15 is 0 Å². The first-order chi connectivity index (χ1) is 7.66. The van der Waals surface area contributed by atoms with Crippen LogP contribution in [0.4, 0.5) is 0 Å². The largest absolute Gasteiger partial charge is 0.115 e. The number of hydrogen-bond donors (Lipinski definition) is 0. The molecular formula is C14H12B2. The fourth-order valence-electron chi connectivity index (χ4n) is 2.03. The molecule has 0 heterocycles. The fourth-order valence-corrected chi connectivity index (χ4v) is 2.03. The maximum absolute atomic E-state index is 6.17. The Kier molecular flexibility index (Phi) is 2.91. The smallest absolute Gasteiger partial charge is 0.0871 e. The summed E-state index contributed by atoms with van der Waals surface area (Å²) in [6.07, 6.45) is 3.99. The van der Waals surface area contributed by atoms with Crippen molar-refractivity contribution in [2.45, 2.75) is 13.8 Å². The normalized spacial score (nSPS) is 11.4. The molecular weight excluding hydrogens is 190 g/mol.